The van der Waals surface area contributed by atoms with E-state index in [1.165, 1.54) is 6.20 Å². The number of fused-ring (bicyclic) bond motifs is 1. The number of benzene rings is 2. The van der Waals surface area contributed by atoms with Crippen LogP contribution < -0.4 is 4.74 Å². The average Bonchev–Trinajstić information content (AvgIpc) is 3.60. The molecule has 1 saturated carbocycles. The van der Waals surface area contributed by atoms with Crippen molar-refractivity contribution in [3.8, 4) is 5.75 Å². The van der Waals surface area contributed by atoms with Crippen molar-refractivity contribution in [1.82, 2.24) is 10.1 Å². The van der Waals surface area contributed by atoms with Gasteiger partial charge in [-0.25, -0.2) is 0 Å². The summed E-state index contributed by atoms with van der Waals surface area (Å²) in [6, 6.07) is 13.7. The molecule has 0 bridgehead atoms. The molecule has 1 atom stereocenters. The number of hydrogen-bond donors (Lipinski definition) is 0. The summed E-state index contributed by atoms with van der Waals surface area (Å²) in [5.41, 5.74) is -0.135. The molecule has 1 unspecified atom stereocenters. The van der Waals surface area contributed by atoms with Gasteiger partial charge in [0.1, 0.15) is 17.9 Å². The van der Waals surface area contributed by atoms with Gasteiger partial charge in [0, 0.05) is 33.4 Å². The third-order valence-electron chi connectivity index (χ3n) is 8.35. The van der Waals surface area contributed by atoms with Crippen LogP contribution in [0.1, 0.15) is 60.8 Å². The SMILES string of the molecule is CC(C)(C)[Si](C)(C)OC1(COc2cc(Br)cc3c2C(Cc2ccc(Cl)cn2)(c2ccc(Cl)cc2)N(F)C3=O)CC1. The largest absolute Gasteiger partial charge is 0.490 e. The van der Waals surface area contributed by atoms with E-state index in [1.807, 2.05) is 0 Å². The van der Waals surface area contributed by atoms with Crippen molar-refractivity contribution in [3.05, 3.63) is 91.6 Å². The van der Waals surface area contributed by atoms with E-state index in [4.69, 9.17) is 32.4 Å². The zero-order valence-electron chi connectivity index (χ0n) is 23.2. The highest BCUT2D eigenvalue weighted by Gasteiger charge is 2.56. The van der Waals surface area contributed by atoms with Gasteiger partial charge in [-0.15, -0.1) is 0 Å². The maximum Gasteiger partial charge on any atom is 0.283 e. The van der Waals surface area contributed by atoms with Gasteiger partial charge in [0.2, 0.25) is 0 Å². The topological polar surface area (TPSA) is 51.7 Å². The van der Waals surface area contributed by atoms with E-state index < -0.39 is 25.4 Å². The lowest BCUT2D eigenvalue weighted by molar-refractivity contribution is -0.0310. The molecule has 2 heterocycles. The highest BCUT2D eigenvalue weighted by molar-refractivity contribution is 9.10. The Bertz CT molecular complexity index is 1440. The van der Waals surface area contributed by atoms with Gasteiger partial charge >= 0.3 is 0 Å². The van der Waals surface area contributed by atoms with Gasteiger partial charge in [-0.2, -0.15) is 5.12 Å². The molecule has 2 aromatic carbocycles. The normalized spacial score (nSPS) is 20.0. The second kappa shape index (κ2) is 10.4. The van der Waals surface area contributed by atoms with Gasteiger partial charge in [0.25, 0.3) is 5.91 Å². The standard InChI is InChI=1S/C30H32BrCl2FN2O3Si/c1-28(2,3)40(4,5)39-29(12-13-29)18-38-25-15-20(31)14-24-26(25)30(36(34)27(24)37,19-6-8-21(32)9-7-19)16-23-11-10-22(33)17-35-23/h6-11,14-15,17H,12-13,16,18H2,1-5H3. The van der Waals surface area contributed by atoms with E-state index in [2.05, 4.69) is 54.8 Å². The van der Waals surface area contributed by atoms with Crippen LogP contribution in [0.3, 0.4) is 0 Å². The highest BCUT2D eigenvalue weighted by Crippen LogP contribution is 2.53. The van der Waals surface area contributed by atoms with Crippen LogP contribution in [-0.4, -0.2) is 36.5 Å². The number of halogens is 4. The van der Waals surface area contributed by atoms with Crippen LogP contribution in [0.15, 0.2) is 59.2 Å². The molecule has 1 fully saturated rings. The molecule has 5 rings (SSSR count). The van der Waals surface area contributed by atoms with Crippen LogP contribution in [0.4, 0.5) is 4.48 Å². The van der Waals surface area contributed by atoms with Crippen molar-refractivity contribution in [1.29, 1.82) is 0 Å². The lowest BCUT2D eigenvalue weighted by atomic mass is 9.79. The van der Waals surface area contributed by atoms with Gasteiger partial charge < -0.3 is 9.16 Å². The number of amides is 1. The maximum atomic E-state index is 16.4. The molecular weight excluding hydrogens is 634 g/mol. The molecule has 5 nitrogen and oxygen atoms in total. The van der Waals surface area contributed by atoms with Gasteiger partial charge in [-0.05, 0) is 72.9 Å². The van der Waals surface area contributed by atoms with Crippen LogP contribution in [0.2, 0.25) is 28.2 Å². The fraction of sp³-hybridized carbons (Fsp3) is 0.400. The van der Waals surface area contributed by atoms with E-state index in [1.54, 1.807) is 48.5 Å². The molecule has 3 aromatic rings. The Hall–Kier alpha value is -1.97. The molecule has 10 heteroatoms. The molecule has 0 N–H and O–H groups in total. The van der Waals surface area contributed by atoms with Crippen molar-refractivity contribution in [2.45, 2.75) is 69.3 Å². The molecule has 2 aliphatic rings. The molecule has 0 radical (unpaired) electrons. The first-order valence-corrected chi connectivity index (χ1v) is 17.7. The van der Waals surface area contributed by atoms with Gasteiger partial charge in [0.05, 0.1) is 16.2 Å². The summed E-state index contributed by atoms with van der Waals surface area (Å²) in [6.07, 6.45) is 3.35. The molecule has 1 aromatic heterocycles. The monoisotopic (exact) mass is 664 g/mol. The summed E-state index contributed by atoms with van der Waals surface area (Å²) in [5, 5.41) is 1.32. The minimum atomic E-state index is -2.05. The van der Waals surface area contributed by atoms with Crippen LogP contribution in [-0.2, 0) is 16.4 Å². The molecule has 212 valence electrons. The van der Waals surface area contributed by atoms with Crippen molar-refractivity contribution >= 4 is 53.4 Å². The zero-order valence-corrected chi connectivity index (χ0v) is 27.3. The summed E-state index contributed by atoms with van der Waals surface area (Å²) < 4.78 is 30.4. The summed E-state index contributed by atoms with van der Waals surface area (Å²) in [5.74, 6) is -0.324. The smallest absolute Gasteiger partial charge is 0.283 e. The van der Waals surface area contributed by atoms with Gasteiger partial charge in [0.15, 0.2) is 8.32 Å². The van der Waals surface area contributed by atoms with E-state index in [0.29, 0.717) is 48.8 Å². The Morgan fingerprint density at radius 1 is 1.07 bits per heavy atom. The number of rotatable bonds is 8. The number of pyridine rings is 1. The van der Waals surface area contributed by atoms with Crippen molar-refractivity contribution in [2.24, 2.45) is 0 Å². The predicted molar refractivity (Wildman–Crippen MR) is 162 cm³/mol. The Kier molecular flexibility index (Phi) is 7.66. The first kappa shape index (κ1) is 29.5. The zero-order chi connectivity index (χ0) is 29.1. The summed E-state index contributed by atoms with van der Waals surface area (Å²) in [6.45, 7) is 11.4. The average molecular weight is 666 g/mol. The fourth-order valence-electron chi connectivity index (χ4n) is 5.00. The summed E-state index contributed by atoms with van der Waals surface area (Å²) >= 11 is 15.8. The molecule has 1 aliphatic carbocycles. The maximum absolute atomic E-state index is 16.4. The lowest BCUT2D eigenvalue weighted by Crippen LogP contribution is -2.46. The van der Waals surface area contributed by atoms with E-state index >= 15 is 4.48 Å². The third-order valence-corrected chi connectivity index (χ3v) is 13.8. The summed E-state index contributed by atoms with van der Waals surface area (Å²) in [7, 11) is -2.05. The first-order chi connectivity index (χ1) is 18.7. The van der Waals surface area contributed by atoms with E-state index in [9.17, 15) is 4.79 Å². The highest BCUT2D eigenvalue weighted by atomic mass is 79.9. The molecular formula is C30H32BrCl2FN2O3Si. The lowest BCUT2D eigenvalue weighted by Gasteiger charge is -2.39. The van der Waals surface area contributed by atoms with Crippen molar-refractivity contribution in [3.63, 3.8) is 0 Å². The molecule has 40 heavy (non-hydrogen) atoms. The fourth-order valence-corrected chi connectivity index (χ4v) is 7.33. The Balaban J connectivity index is 1.61. The second-order valence-corrected chi connectivity index (χ2v) is 18.8. The minimum Gasteiger partial charge on any atom is -0.490 e. The van der Waals surface area contributed by atoms with Crippen molar-refractivity contribution < 1.29 is 18.4 Å². The molecule has 0 saturated heterocycles. The number of carbonyl (C=O) groups excluding carboxylic acids is 1. The number of carbonyl (C=O) groups is 1. The predicted octanol–water partition coefficient (Wildman–Crippen LogP) is 8.91. The quantitative estimate of drug-likeness (QED) is 0.178. The van der Waals surface area contributed by atoms with Crippen LogP contribution in [0.5, 0.6) is 5.75 Å². The van der Waals surface area contributed by atoms with Crippen LogP contribution in [0.25, 0.3) is 0 Å². The van der Waals surface area contributed by atoms with Crippen LogP contribution >= 0.6 is 39.1 Å². The number of aromatic nitrogens is 1. The van der Waals surface area contributed by atoms with Crippen LogP contribution in [0, 0.1) is 0 Å². The first-order valence-electron chi connectivity index (χ1n) is 13.2. The number of hydrogen-bond acceptors (Lipinski definition) is 4. The van der Waals surface area contributed by atoms with Gasteiger partial charge in [-0.3, -0.25) is 9.78 Å². The Labute approximate surface area is 254 Å². The third kappa shape index (κ3) is 5.33. The van der Waals surface area contributed by atoms with Crippen molar-refractivity contribution in [2.75, 3.05) is 6.61 Å². The summed E-state index contributed by atoms with van der Waals surface area (Å²) in [4.78, 5) is 17.9. The Morgan fingerprint density at radius 2 is 1.73 bits per heavy atom. The second-order valence-electron chi connectivity index (χ2n) is 12.3. The molecule has 1 amide bonds. The molecule has 0 spiro atoms. The molecule has 1 aliphatic heterocycles. The van der Waals surface area contributed by atoms with Gasteiger partial charge in [-0.1, -0.05) is 76.5 Å². The number of ether oxygens (including phenoxy) is 1. The minimum absolute atomic E-state index is 0.0517. The number of nitrogens with zero attached hydrogens (tertiary/aromatic N) is 2. The Morgan fingerprint density at radius 3 is 2.30 bits per heavy atom. The van der Waals surface area contributed by atoms with E-state index in [0.717, 1.165) is 12.8 Å². The van der Waals surface area contributed by atoms with E-state index in [-0.39, 0.29) is 17.0 Å².